The van der Waals surface area contributed by atoms with Crippen molar-refractivity contribution >= 4 is 5.97 Å². The quantitative estimate of drug-likeness (QED) is 0.612. The Morgan fingerprint density at radius 2 is 2.21 bits per heavy atom. The second-order valence-corrected chi connectivity index (χ2v) is 3.51. The predicted molar refractivity (Wildman–Crippen MR) is 55.0 cm³/mol. The van der Waals surface area contributed by atoms with E-state index in [4.69, 9.17) is 5.11 Å². The minimum absolute atomic E-state index is 0.180. The highest BCUT2D eigenvalue weighted by atomic mass is 16.5. The van der Waals surface area contributed by atoms with E-state index in [0.29, 0.717) is 13.0 Å². The summed E-state index contributed by atoms with van der Waals surface area (Å²) in [4.78, 5) is 13.0. The number of ether oxygens (including phenoxy) is 1. The largest absolute Gasteiger partial charge is 0.469 e. The van der Waals surface area contributed by atoms with E-state index >= 15 is 0 Å². The average molecular weight is 203 g/mol. The zero-order valence-electron chi connectivity index (χ0n) is 9.32. The maximum atomic E-state index is 10.9. The minimum atomic E-state index is -0.180. The van der Waals surface area contributed by atoms with Gasteiger partial charge in [-0.1, -0.05) is 13.8 Å². The van der Waals surface area contributed by atoms with Gasteiger partial charge in [0.15, 0.2) is 0 Å². The van der Waals surface area contributed by atoms with Gasteiger partial charge in [0, 0.05) is 19.7 Å². The van der Waals surface area contributed by atoms with E-state index in [1.165, 1.54) is 7.11 Å². The van der Waals surface area contributed by atoms with Crippen LogP contribution < -0.4 is 0 Å². The van der Waals surface area contributed by atoms with Crippen molar-refractivity contribution in [2.24, 2.45) is 5.92 Å². The van der Waals surface area contributed by atoms with E-state index in [2.05, 4.69) is 9.64 Å². The van der Waals surface area contributed by atoms with Crippen LogP contribution in [-0.2, 0) is 9.53 Å². The van der Waals surface area contributed by atoms with Crippen LogP contribution in [0, 0.1) is 5.92 Å². The van der Waals surface area contributed by atoms with Crippen molar-refractivity contribution in [1.29, 1.82) is 0 Å². The lowest BCUT2D eigenvalue weighted by Crippen LogP contribution is -2.31. The second-order valence-electron chi connectivity index (χ2n) is 3.51. The van der Waals surface area contributed by atoms with Crippen LogP contribution >= 0.6 is 0 Å². The number of carbonyl (C=O) groups excluding carboxylic acids is 1. The van der Waals surface area contributed by atoms with Crippen LogP contribution in [0.25, 0.3) is 0 Å². The average Bonchev–Trinajstić information content (AvgIpc) is 2.22. The van der Waals surface area contributed by atoms with E-state index in [9.17, 15) is 4.79 Å². The Labute approximate surface area is 85.9 Å². The van der Waals surface area contributed by atoms with Crippen molar-refractivity contribution in [2.45, 2.75) is 20.3 Å². The van der Waals surface area contributed by atoms with Crippen molar-refractivity contribution < 1.29 is 14.6 Å². The van der Waals surface area contributed by atoms with Crippen molar-refractivity contribution in [3.8, 4) is 0 Å². The molecule has 0 saturated heterocycles. The topological polar surface area (TPSA) is 49.8 Å². The summed E-state index contributed by atoms with van der Waals surface area (Å²) in [5.74, 6) is 0.0766. The Bertz CT molecular complexity index is 161. The van der Waals surface area contributed by atoms with Gasteiger partial charge < -0.3 is 14.7 Å². The number of hydrogen-bond acceptors (Lipinski definition) is 4. The van der Waals surface area contributed by atoms with Gasteiger partial charge in [0.05, 0.1) is 13.5 Å². The lowest BCUT2D eigenvalue weighted by atomic mass is 10.2. The number of aliphatic hydroxyl groups excluding tert-OH is 1. The van der Waals surface area contributed by atoms with Crippen LogP contribution in [-0.4, -0.2) is 49.3 Å². The molecule has 0 rings (SSSR count). The minimum Gasteiger partial charge on any atom is -0.469 e. The molecule has 0 aromatic rings. The molecule has 1 unspecified atom stereocenters. The van der Waals surface area contributed by atoms with Gasteiger partial charge in [-0.15, -0.1) is 0 Å². The molecule has 4 heteroatoms. The van der Waals surface area contributed by atoms with Crippen LogP contribution in [0.15, 0.2) is 0 Å². The van der Waals surface area contributed by atoms with E-state index in [1.54, 1.807) is 0 Å². The fourth-order valence-corrected chi connectivity index (χ4v) is 1.23. The molecular weight excluding hydrogens is 182 g/mol. The number of rotatable bonds is 7. The summed E-state index contributed by atoms with van der Waals surface area (Å²) in [6, 6.07) is 0. The molecule has 0 aliphatic rings. The van der Waals surface area contributed by atoms with Gasteiger partial charge in [-0.3, -0.25) is 4.79 Å². The summed E-state index contributed by atoms with van der Waals surface area (Å²) in [5.41, 5.74) is 0. The first-order valence-corrected chi connectivity index (χ1v) is 5.04. The highest BCUT2D eigenvalue weighted by Gasteiger charge is 2.09. The fraction of sp³-hybridized carbons (Fsp3) is 0.900. The standard InChI is InChI=1S/C10H21NO3/c1-4-11(7-9(2)8-12)6-5-10(13)14-3/h9,12H,4-8H2,1-3H3. The van der Waals surface area contributed by atoms with Gasteiger partial charge in [-0.2, -0.15) is 0 Å². The first kappa shape index (κ1) is 13.4. The van der Waals surface area contributed by atoms with Gasteiger partial charge in [-0.05, 0) is 12.5 Å². The van der Waals surface area contributed by atoms with Gasteiger partial charge in [-0.25, -0.2) is 0 Å². The van der Waals surface area contributed by atoms with Crippen LogP contribution in [0.3, 0.4) is 0 Å². The van der Waals surface area contributed by atoms with Gasteiger partial charge in [0.2, 0.25) is 0 Å². The van der Waals surface area contributed by atoms with E-state index in [-0.39, 0.29) is 18.5 Å². The molecule has 4 nitrogen and oxygen atoms in total. The van der Waals surface area contributed by atoms with Crippen LogP contribution in [0.2, 0.25) is 0 Å². The molecule has 0 spiro atoms. The molecule has 14 heavy (non-hydrogen) atoms. The summed E-state index contributed by atoms with van der Waals surface area (Å²) in [5, 5.41) is 8.88. The zero-order chi connectivity index (χ0) is 11.0. The molecule has 0 aliphatic carbocycles. The van der Waals surface area contributed by atoms with Crippen molar-refractivity contribution in [1.82, 2.24) is 4.90 Å². The summed E-state index contributed by atoms with van der Waals surface area (Å²) in [6.07, 6.45) is 0.419. The van der Waals surface area contributed by atoms with Gasteiger partial charge in [0.1, 0.15) is 0 Å². The summed E-state index contributed by atoms with van der Waals surface area (Å²) in [7, 11) is 1.40. The maximum absolute atomic E-state index is 10.9. The molecule has 0 aromatic carbocycles. The van der Waals surface area contributed by atoms with Crippen molar-refractivity contribution in [3.05, 3.63) is 0 Å². The monoisotopic (exact) mass is 203 g/mol. The van der Waals surface area contributed by atoms with Crippen molar-refractivity contribution in [3.63, 3.8) is 0 Å². The normalized spacial score (nSPS) is 12.9. The van der Waals surface area contributed by atoms with Gasteiger partial charge in [0.25, 0.3) is 0 Å². The Hall–Kier alpha value is -0.610. The molecule has 0 saturated carbocycles. The Balaban J connectivity index is 3.73. The molecule has 1 N–H and O–H groups in total. The summed E-state index contributed by atoms with van der Waals surface area (Å²) < 4.78 is 4.56. The molecule has 1 atom stereocenters. The SMILES string of the molecule is CCN(CCC(=O)OC)CC(C)CO. The zero-order valence-corrected chi connectivity index (χ0v) is 9.32. The van der Waals surface area contributed by atoms with Crippen LogP contribution in [0.5, 0.6) is 0 Å². The third-order valence-corrected chi connectivity index (χ3v) is 2.19. The third-order valence-electron chi connectivity index (χ3n) is 2.19. The molecule has 0 heterocycles. The molecule has 0 amide bonds. The Morgan fingerprint density at radius 3 is 2.64 bits per heavy atom. The number of hydrogen-bond donors (Lipinski definition) is 1. The van der Waals surface area contributed by atoms with Gasteiger partial charge >= 0.3 is 5.97 Å². The number of esters is 1. The highest BCUT2D eigenvalue weighted by Crippen LogP contribution is 2.00. The number of carbonyl (C=O) groups is 1. The first-order valence-electron chi connectivity index (χ1n) is 5.04. The molecule has 0 aromatic heterocycles. The lowest BCUT2D eigenvalue weighted by molar-refractivity contribution is -0.141. The smallest absolute Gasteiger partial charge is 0.306 e. The van der Waals surface area contributed by atoms with E-state index < -0.39 is 0 Å². The molecule has 0 aliphatic heterocycles. The van der Waals surface area contributed by atoms with E-state index in [1.807, 2.05) is 13.8 Å². The Kier molecular flexibility index (Phi) is 7.42. The molecule has 84 valence electrons. The first-order chi connectivity index (χ1) is 6.63. The highest BCUT2D eigenvalue weighted by molar-refractivity contribution is 5.69. The summed E-state index contributed by atoms with van der Waals surface area (Å²) >= 11 is 0. The number of aliphatic hydroxyl groups is 1. The molecule has 0 bridgehead atoms. The van der Waals surface area contributed by atoms with E-state index in [0.717, 1.165) is 13.1 Å². The van der Waals surface area contributed by atoms with Crippen molar-refractivity contribution in [2.75, 3.05) is 33.4 Å². The summed E-state index contributed by atoms with van der Waals surface area (Å²) in [6.45, 7) is 6.63. The number of methoxy groups -OCH3 is 1. The van der Waals surface area contributed by atoms with Crippen LogP contribution in [0.1, 0.15) is 20.3 Å². The van der Waals surface area contributed by atoms with Crippen LogP contribution in [0.4, 0.5) is 0 Å². The molecule has 0 fully saturated rings. The third kappa shape index (κ3) is 5.94. The Morgan fingerprint density at radius 1 is 1.57 bits per heavy atom. The predicted octanol–water partition coefficient (Wildman–Crippen LogP) is 0.500. The second kappa shape index (κ2) is 7.76. The molecular formula is C10H21NO3. The lowest BCUT2D eigenvalue weighted by Gasteiger charge is -2.22. The fourth-order valence-electron chi connectivity index (χ4n) is 1.23. The number of nitrogens with zero attached hydrogens (tertiary/aromatic N) is 1. The maximum Gasteiger partial charge on any atom is 0.306 e. The molecule has 0 radical (unpaired) electrons.